The highest BCUT2D eigenvalue weighted by atomic mass is 127. The van der Waals surface area contributed by atoms with E-state index in [1.807, 2.05) is 18.4 Å². The molecule has 0 fully saturated rings. The van der Waals surface area contributed by atoms with Crippen LogP contribution in [0.4, 0.5) is 5.69 Å². The number of aliphatic hydroxyl groups is 1. The summed E-state index contributed by atoms with van der Waals surface area (Å²) in [5.74, 6) is 4.54. The number of hydrogen-bond acceptors (Lipinski definition) is 5. The molecule has 0 unspecified atom stereocenters. The Hall–Kier alpha value is -1.08. The van der Waals surface area contributed by atoms with E-state index in [0.717, 1.165) is 0 Å². The number of aliphatic hydroxyl groups excluding tert-OH is 1. The van der Waals surface area contributed by atoms with Crippen LogP contribution >= 0.6 is 34.2 Å². The Bertz CT molecular complexity index is 545. The second-order valence-corrected chi connectivity index (χ2v) is 5.58. The van der Waals surface area contributed by atoms with Crippen LogP contribution < -0.4 is 16.6 Å². The molecule has 1 aromatic carbocycles. The number of alkyl halides is 1. The smallest absolute Gasteiger partial charge is 0.259 e. The van der Waals surface area contributed by atoms with Crippen LogP contribution in [0, 0.1) is 11.3 Å². The molecular formula is C12H14ClIN4O2. The predicted molar refractivity (Wildman–Crippen MR) is 85.3 cm³/mol. The first-order chi connectivity index (χ1) is 9.46. The highest BCUT2D eigenvalue weighted by molar-refractivity contribution is 14.1. The molecule has 1 amide bonds. The summed E-state index contributed by atoms with van der Waals surface area (Å²) in [4.78, 5) is 11.6. The molecule has 0 aliphatic carbocycles. The number of halogens is 2. The van der Waals surface area contributed by atoms with Crippen LogP contribution in [0.2, 0.25) is 5.02 Å². The summed E-state index contributed by atoms with van der Waals surface area (Å²) in [5.41, 5.74) is 3.64. The van der Waals surface area contributed by atoms with Gasteiger partial charge in [-0.05, 0) is 46.7 Å². The lowest BCUT2D eigenvalue weighted by atomic mass is 10.1. The number of anilines is 1. The molecule has 0 bridgehead atoms. The van der Waals surface area contributed by atoms with Crippen molar-refractivity contribution in [3.8, 4) is 6.07 Å². The van der Waals surface area contributed by atoms with Gasteiger partial charge in [-0.3, -0.25) is 10.2 Å². The maximum atomic E-state index is 11.6. The van der Waals surface area contributed by atoms with E-state index < -0.39 is 16.1 Å². The van der Waals surface area contributed by atoms with Crippen LogP contribution in [0.3, 0.4) is 0 Å². The van der Waals surface area contributed by atoms with Crippen molar-refractivity contribution < 1.29 is 9.90 Å². The van der Waals surface area contributed by atoms with E-state index in [0.29, 0.717) is 28.3 Å². The maximum absolute atomic E-state index is 11.6. The van der Waals surface area contributed by atoms with Crippen molar-refractivity contribution in [3.05, 3.63) is 28.3 Å². The third kappa shape index (κ3) is 3.73. The zero-order valence-electron chi connectivity index (χ0n) is 10.7. The summed E-state index contributed by atoms with van der Waals surface area (Å²) in [6.45, 7) is 1.88. The second-order valence-electron chi connectivity index (χ2n) is 3.92. The quantitative estimate of drug-likeness (QED) is 0.193. The van der Waals surface area contributed by atoms with E-state index in [-0.39, 0.29) is 0 Å². The topological polar surface area (TPSA) is 111 Å². The van der Waals surface area contributed by atoms with Crippen LogP contribution in [0.25, 0.3) is 0 Å². The molecule has 6 nitrogen and oxygen atoms in total. The Morgan fingerprint density at radius 2 is 2.30 bits per heavy atom. The molecule has 1 aromatic rings. The Morgan fingerprint density at radius 1 is 1.65 bits per heavy atom. The van der Waals surface area contributed by atoms with Crippen molar-refractivity contribution in [2.75, 3.05) is 5.32 Å². The van der Waals surface area contributed by atoms with Crippen LogP contribution in [0.5, 0.6) is 0 Å². The maximum Gasteiger partial charge on any atom is 0.259 e. The second kappa shape index (κ2) is 7.64. The largest absolute Gasteiger partial charge is 0.380 e. The Balaban J connectivity index is 3.17. The number of nitrogens with zero attached hydrogens (tertiary/aromatic N) is 1. The van der Waals surface area contributed by atoms with E-state index in [1.165, 1.54) is 0 Å². The third-order valence-electron chi connectivity index (χ3n) is 2.73. The molecule has 0 heterocycles. The van der Waals surface area contributed by atoms with Crippen molar-refractivity contribution in [1.82, 2.24) is 5.43 Å². The lowest BCUT2D eigenvalue weighted by Crippen LogP contribution is -2.47. The average molecular weight is 409 g/mol. The van der Waals surface area contributed by atoms with Crippen molar-refractivity contribution in [1.29, 1.82) is 5.26 Å². The highest BCUT2D eigenvalue weighted by Crippen LogP contribution is 2.29. The summed E-state index contributed by atoms with van der Waals surface area (Å²) in [5, 5.41) is 21.8. The van der Waals surface area contributed by atoms with E-state index in [1.54, 1.807) is 34.7 Å². The first-order valence-electron chi connectivity index (χ1n) is 5.76. The number of carbonyl (C=O) groups excluding carboxylic acids is 1. The molecule has 0 saturated carbocycles. The number of hydrazine groups is 1. The van der Waals surface area contributed by atoms with Gasteiger partial charge in [0, 0.05) is 5.69 Å². The summed E-state index contributed by atoms with van der Waals surface area (Å²) in [7, 11) is 0. The molecule has 1 rings (SSSR count). The lowest BCUT2D eigenvalue weighted by Gasteiger charge is -2.22. The first kappa shape index (κ1) is 17.0. The molecule has 5 N–H and O–H groups in total. The van der Waals surface area contributed by atoms with Crippen LogP contribution in [-0.2, 0) is 11.2 Å². The molecule has 20 heavy (non-hydrogen) atoms. The number of rotatable bonds is 5. The number of benzene rings is 1. The van der Waals surface area contributed by atoms with E-state index in [9.17, 15) is 9.90 Å². The fourth-order valence-corrected chi connectivity index (χ4v) is 2.55. The first-order valence-corrected chi connectivity index (χ1v) is 7.39. The number of nitrogens with two attached hydrogens (primary N) is 1. The van der Waals surface area contributed by atoms with Crippen molar-refractivity contribution in [3.63, 3.8) is 0 Å². The zero-order chi connectivity index (χ0) is 15.3. The van der Waals surface area contributed by atoms with Gasteiger partial charge in [0.25, 0.3) is 5.91 Å². The minimum absolute atomic E-state index is 0.342. The number of nitriles is 1. The molecule has 0 aromatic heterocycles. The normalized spacial score (nSPS) is 13.2. The van der Waals surface area contributed by atoms with Gasteiger partial charge in [0.15, 0.2) is 0 Å². The van der Waals surface area contributed by atoms with Crippen molar-refractivity contribution in [2.24, 2.45) is 5.84 Å². The summed E-state index contributed by atoms with van der Waals surface area (Å²) < 4.78 is -0.977. The Labute approximate surface area is 135 Å². The van der Waals surface area contributed by atoms with Gasteiger partial charge in [-0.2, -0.15) is 5.26 Å². The number of amides is 1. The van der Waals surface area contributed by atoms with E-state index >= 15 is 0 Å². The van der Waals surface area contributed by atoms with Crippen molar-refractivity contribution in [2.45, 2.75) is 23.5 Å². The highest BCUT2D eigenvalue weighted by Gasteiger charge is 2.25. The Morgan fingerprint density at radius 3 is 2.75 bits per heavy atom. The minimum Gasteiger partial charge on any atom is -0.380 e. The zero-order valence-corrected chi connectivity index (χ0v) is 13.6. The molecule has 8 heteroatoms. The van der Waals surface area contributed by atoms with Gasteiger partial charge in [-0.15, -0.1) is 0 Å². The number of nitrogens with one attached hydrogen (secondary N) is 2. The van der Waals surface area contributed by atoms with Crippen LogP contribution in [0.1, 0.15) is 18.1 Å². The third-order valence-corrected chi connectivity index (χ3v) is 3.88. The average Bonchev–Trinajstić information content (AvgIpc) is 2.43. The van der Waals surface area contributed by atoms with Gasteiger partial charge in [0.05, 0.1) is 10.6 Å². The van der Waals surface area contributed by atoms with Gasteiger partial charge < -0.3 is 10.4 Å². The van der Waals surface area contributed by atoms with Gasteiger partial charge in [-0.1, -0.05) is 18.5 Å². The number of hydrogen-bond donors (Lipinski definition) is 4. The number of carbonyl (C=O) groups is 1. The minimum atomic E-state index is -0.977. The summed E-state index contributed by atoms with van der Waals surface area (Å²) >= 11 is 7.85. The van der Waals surface area contributed by atoms with Gasteiger partial charge >= 0.3 is 0 Å². The molecule has 0 aliphatic heterocycles. The summed E-state index contributed by atoms with van der Waals surface area (Å²) in [6, 6.07) is 4.28. The molecule has 0 aliphatic rings. The van der Waals surface area contributed by atoms with Crippen LogP contribution in [-0.4, -0.2) is 21.2 Å². The molecular weight excluding hydrogens is 395 g/mol. The molecule has 108 valence electrons. The predicted octanol–water partition coefficient (Wildman–Crippen LogP) is 1.30. The van der Waals surface area contributed by atoms with Gasteiger partial charge in [0.1, 0.15) is 16.2 Å². The van der Waals surface area contributed by atoms with Gasteiger partial charge in [0.2, 0.25) is 0 Å². The molecule has 0 saturated heterocycles. The fraction of sp³-hybridized carbons (Fsp3) is 0.333. The van der Waals surface area contributed by atoms with Crippen LogP contribution in [0.15, 0.2) is 12.1 Å². The van der Waals surface area contributed by atoms with Crippen molar-refractivity contribution >= 4 is 45.8 Å². The Kier molecular flexibility index (Phi) is 6.48. The van der Waals surface area contributed by atoms with E-state index in [4.69, 9.17) is 22.7 Å². The van der Waals surface area contributed by atoms with E-state index in [2.05, 4.69) is 5.32 Å². The molecule has 2 atom stereocenters. The summed E-state index contributed by atoms with van der Waals surface area (Å²) in [6.07, 6.45) is 0.574. The van der Waals surface area contributed by atoms with Gasteiger partial charge in [-0.25, -0.2) is 5.84 Å². The molecule has 0 spiro atoms. The lowest BCUT2D eigenvalue weighted by molar-refractivity contribution is -0.122. The SMILES string of the molecule is CCc1c(N[C@@H](C(=O)NN)[C@@H](O)I)ccc(C#N)c1Cl. The monoisotopic (exact) mass is 408 g/mol. The fourth-order valence-electron chi connectivity index (χ4n) is 1.70. The molecule has 0 radical (unpaired) electrons. The standard InChI is InChI=1S/C12H14ClIN4O2/c1-2-7-8(4-3-6(5-15)9(7)13)17-10(11(14)19)12(20)18-16/h3-4,10-11,17,19H,2,16H2,1H3,(H,18,20)/t10-,11-/m1/s1.